The van der Waals surface area contributed by atoms with E-state index in [9.17, 15) is 0 Å². The van der Waals surface area contributed by atoms with Crippen molar-refractivity contribution in [1.29, 1.82) is 0 Å². The van der Waals surface area contributed by atoms with Crippen molar-refractivity contribution in [3.8, 4) is 17.2 Å². The summed E-state index contributed by atoms with van der Waals surface area (Å²) < 4.78 is 17.0. The third-order valence-corrected chi connectivity index (χ3v) is 3.98. The predicted molar refractivity (Wildman–Crippen MR) is 108 cm³/mol. The minimum atomic E-state index is 0.556. The number of anilines is 1. The van der Waals surface area contributed by atoms with E-state index < -0.39 is 0 Å². The van der Waals surface area contributed by atoms with Gasteiger partial charge in [0.05, 0.1) is 26.4 Å². The first-order chi connectivity index (χ1) is 13.3. The summed E-state index contributed by atoms with van der Waals surface area (Å²) in [5, 5.41) is 6.60. The lowest BCUT2D eigenvalue weighted by Gasteiger charge is -2.14. The van der Waals surface area contributed by atoms with Crippen LogP contribution in [0.5, 0.6) is 17.2 Å². The first-order valence-electron chi connectivity index (χ1n) is 9.45. The van der Waals surface area contributed by atoms with E-state index in [-0.39, 0.29) is 0 Å². The molecule has 0 bridgehead atoms. The minimum absolute atomic E-state index is 0.556. The van der Waals surface area contributed by atoms with E-state index in [1.807, 2.05) is 56.3 Å². The Bertz CT molecular complexity index is 777. The molecule has 0 spiro atoms. The fraction of sp³-hybridized carbons (Fsp3) is 0.381. The average molecular weight is 369 g/mol. The van der Waals surface area contributed by atoms with Crippen LogP contribution < -0.4 is 24.8 Å². The van der Waals surface area contributed by atoms with Crippen LogP contribution in [-0.4, -0.2) is 32.3 Å². The van der Waals surface area contributed by atoms with Gasteiger partial charge in [-0.3, -0.25) is 0 Å². The van der Waals surface area contributed by atoms with Gasteiger partial charge in [-0.2, -0.15) is 0 Å². The topological polar surface area (TPSA) is 64.1 Å². The number of nitrogens with zero attached hydrogens (tertiary/aromatic N) is 1. The van der Waals surface area contributed by atoms with Crippen LogP contribution in [0.15, 0.2) is 47.5 Å². The second-order valence-corrected chi connectivity index (χ2v) is 6.11. The monoisotopic (exact) mass is 369 g/mol. The predicted octanol–water partition coefficient (Wildman–Crippen LogP) is 3.82. The van der Waals surface area contributed by atoms with Gasteiger partial charge in [0.1, 0.15) is 5.75 Å². The van der Waals surface area contributed by atoms with Crippen LogP contribution in [-0.2, 0) is 6.54 Å². The fourth-order valence-electron chi connectivity index (χ4n) is 2.76. The Morgan fingerprint density at radius 3 is 2.74 bits per heavy atom. The maximum absolute atomic E-state index is 5.76. The molecule has 144 valence electrons. The van der Waals surface area contributed by atoms with E-state index in [1.165, 1.54) is 0 Å². The van der Waals surface area contributed by atoms with E-state index in [4.69, 9.17) is 14.2 Å². The zero-order valence-corrected chi connectivity index (χ0v) is 16.0. The van der Waals surface area contributed by atoms with Gasteiger partial charge in [0.15, 0.2) is 17.5 Å². The molecular weight excluding hydrogens is 342 g/mol. The first-order valence-corrected chi connectivity index (χ1v) is 9.45. The number of ether oxygens (including phenoxy) is 3. The summed E-state index contributed by atoms with van der Waals surface area (Å²) in [7, 11) is 0. The summed E-state index contributed by atoms with van der Waals surface area (Å²) in [6.07, 6.45) is 0.891. The Kier molecular flexibility index (Phi) is 6.79. The Morgan fingerprint density at radius 1 is 1.07 bits per heavy atom. The molecule has 0 fully saturated rings. The van der Waals surface area contributed by atoms with Crippen LogP contribution in [0.3, 0.4) is 0 Å². The molecule has 0 aliphatic carbocycles. The largest absolute Gasteiger partial charge is 0.494 e. The molecule has 6 heteroatoms. The highest BCUT2D eigenvalue weighted by Crippen LogP contribution is 2.32. The highest BCUT2D eigenvalue weighted by Gasteiger charge is 2.11. The number of nitrogens with one attached hydrogen (secondary N) is 2. The van der Waals surface area contributed by atoms with Crippen molar-refractivity contribution in [1.82, 2.24) is 5.32 Å². The van der Waals surface area contributed by atoms with Crippen molar-refractivity contribution in [2.75, 3.05) is 31.7 Å². The van der Waals surface area contributed by atoms with E-state index in [2.05, 4.69) is 15.6 Å². The highest BCUT2D eigenvalue weighted by atomic mass is 16.5. The molecule has 1 aliphatic heterocycles. The van der Waals surface area contributed by atoms with Gasteiger partial charge in [-0.25, -0.2) is 4.99 Å². The summed E-state index contributed by atoms with van der Waals surface area (Å²) in [5.74, 6) is 3.13. The lowest BCUT2D eigenvalue weighted by Crippen LogP contribution is -2.30. The quantitative estimate of drug-likeness (QED) is 0.599. The van der Waals surface area contributed by atoms with Gasteiger partial charge in [-0.05, 0) is 43.7 Å². The molecular formula is C21H27N3O3. The molecule has 2 aromatic rings. The summed E-state index contributed by atoms with van der Waals surface area (Å²) in [6, 6.07) is 13.8. The number of aliphatic imine (C=N–C) groups is 1. The standard InChI is InChI=1S/C21H27N3O3/c1-3-22-21(23-15-16-7-5-8-18(13-16)25-4-2)24-17-9-10-19-20(14-17)27-12-6-11-26-19/h5,7-10,13-14H,3-4,6,11-12,15H2,1-2H3,(H2,22,23,24). The van der Waals surface area contributed by atoms with Crippen LogP contribution in [0.25, 0.3) is 0 Å². The number of fused-ring (bicyclic) bond motifs is 1. The SMILES string of the molecule is CCNC(=NCc1cccc(OCC)c1)Nc1ccc2c(c1)OCCCO2. The highest BCUT2D eigenvalue weighted by molar-refractivity contribution is 5.93. The van der Waals surface area contributed by atoms with E-state index in [0.717, 1.165) is 41.5 Å². The van der Waals surface area contributed by atoms with Crippen LogP contribution in [0, 0.1) is 0 Å². The number of hydrogen-bond acceptors (Lipinski definition) is 4. The van der Waals surface area contributed by atoms with E-state index in [0.29, 0.717) is 32.3 Å². The van der Waals surface area contributed by atoms with Crippen LogP contribution in [0.2, 0.25) is 0 Å². The third kappa shape index (κ3) is 5.54. The van der Waals surface area contributed by atoms with Gasteiger partial charge in [0.2, 0.25) is 0 Å². The van der Waals surface area contributed by atoms with Crippen LogP contribution >= 0.6 is 0 Å². The number of guanidine groups is 1. The molecule has 0 atom stereocenters. The molecule has 3 rings (SSSR count). The van der Waals surface area contributed by atoms with E-state index in [1.54, 1.807) is 0 Å². The summed E-state index contributed by atoms with van der Waals surface area (Å²) in [5.41, 5.74) is 2.00. The second-order valence-electron chi connectivity index (χ2n) is 6.11. The molecule has 0 saturated heterocycles. The zero-order valence-electron chi connectivity index (χ0n) is 16.0. The molecule has 2 N–H and O–H groups in total. The maximum Gasteiger partial charge on any atom is 0.196 e. The lowest BCUT2D eigenvalue weighted by molar-refractivity contribution is 0.297. The molecule has 1 aliphatic rings. The van der Waals surface area contributed by atoms with Crippen molar-refractivity contribution in [2.24, 2.45) is 4.99 Å². The van der Waals surface area contributed by atoms with Gasteiger partial charge in [0.25, 0.3) is 0 Å². The molecule has 0 aromatic heterocycles. The normalized spacial score (nSPS) is 13.6. The van der Waals surface area contributed by atoms with Crippen LogP contribution in [0.1, 0.15) is 25.8 Å². The van der Waals surface area contributed by atoms with Gasteiger partial charge < -0.3 is 24.8 Å². The molecule has 0 radical (unpaired) electrons. The first kappa shape index (κ1) is 18.9. The Hall–Kier alpha value is -2.89. The van der Waals surface area contributed by atoms with Gasteiger partial charge in [-0.1, -0.05) is 12.1 Å². The van der Waals surface area contributed by atoms with Gasteiger partial charge >= 0.3 is 0 Å². The molecule has 1 heterocycles. The summed E-state index contributed by atoms with van der Waals surface area (Å²) in [6.45, 7) is 7.36. The third-order valence-electron chi connectivity index (χ3n) is 3.98. The van der Waals surface area contributed by atoms with Gasteiger partial charge in [-0.15, -0.1) is 0 Å². The zero-order chi connectivity index (χ0) is 18.9. The summed E-state index contributed by atoms with van der Waals surface area (Å²) >= 11 is 0. The Balaban J connectivity index is 1.70. The molecule has 0 unspecified atom stereocenters. The average Bonchev–Trinajstić information content (AvgIpc) is 2.92. The molecule has 0 saturated carbocycles. The molecule has 0 amide bonds. The molecule has 6 nitrogen and oxygen atoms in total. The molecule has 2 aromatic carbocycles. The smallest absolute Gasteiger partial charge is 0.196 e. The van der Waals surface area contributed by atoms with Gasteiger partial charge in [0, 0.05) is 24.7 Å². The number of hydrogen-bond donors (Lipinski definition) is 2. The fourth-order valence-corrected chi connectivity index (χ4v) is 2.76. The lowest BCUT2D eigenvalue weighted by atomic mass is 10.2. The van der Waals surface area contributed by atoms with Crippen molar-refractivity contribution in [3.63, 3.8) is 0 Å². The number of rotatable bonds is 6. The molecule has 27 heavy (non-hydrogen) atoms. The minimum Gasteiger partial charge on any atom is -0.494 e. The second kappa shape index (κ2) is 9.71. The van der Waals surface area contributed by atoms with Crippen LogP contribution in [0.4, 0.5) is 5.69 Å². The maximum atomic E-state index is 5.76. The summed E-state index contributed by atoms with van der Waals surface area (Å²) in [4.78, 5) is 4.68. The van der Waals surface area contributed by atoms with Crippen molar-refractivity contribution >= 4 is 11.6 Å². The Morgan fingerprint density at radius 2 is 1.93 bits per heavy atom. The van der Waals surface area contributed by atoms with Crippen molar-refractivity contribution in [2.45, 2.75) is 26.8 Å². The van der Waals surface area contributed by atoms with E-state index >= 15 is 0 Å². The van der Waals surface area contributed by atoms with Crippen molar-refractivity contribution in [3.05, 3.63) is 48.0 Å². The van der Waals surface area contributed by atoms with Crippen molar-refractivity contribution < 1.29 is 14.2 Å². The Labute approximate surface area is 160 Å². The number of benzene rings is 2.